The Hall–Kier alpha value is -1.33. The Morgan fingerprint density at radius 1 is 1.20 bits per heavy atom. The number of benzene rings is 1. The van der Waals surface area contributed by atoms with Gasteiger partial charge < -0.3 is 19.9 Å². The molecular weight excluding hydrogens is 270 g/mol. The van der Waals surface area contributed by atoms with Crippen molar-refractivity contribution in [3.63, 3.8) is 0 Å². The van der Waals surface area contributed by atoms with Gasteiger partial charge in [0.25, 0.3) is 0 Å². The minimum absolute atomic E-state index is 0.759. The number of nitrogens with one attached hydrogen (secondary N) is 1. The first-order chi connectivity index (χ1) is 9.69. The van der Waals surface area contributed by atoms with Gasteiger partial charge in [0, 0.05) is 26.2 Å². The van der Waals surface area contributed by atoms with E-state index in [1.165, 1.54) is 12.0 Å². The van der Waals surface area contributed by atoms with Crippen LogP contribution in [-0.2, 0) is 6.54 Å². The van der Waals surface area contributed by atoms with Gasteiger partial charge in [0.1, 0.15) is 5.75 Å². The first-order valence-corrected chi connectivity index (χ1v) is 7.44. The number of nitrogens with zero attached hydrogens (tertiary/aromatic N) is 2. The smallest absolute Gasteiger partial charge is 0.169 e. The van der Waals surface area contributed by atoms with E-state index in [0.29, 0.717) is 0 Å². The predicted octanol–water partition coefficient (Wildman–Crippen LogP) is 1.71. The van der Waals surface area contributed by atoms with E-state index in [1.807, 2.05) is 12.1 Å². The van der Waals surface area contributed by atoms with E-state index in [9.17, 15) is 0 Å². The van der Waals surface area contributed by atoms with Gasteiger partial charge in [-0.25, -0.2) is 0 Å². The van der Waals surface area contributed by atoms with Crippen molar-refractivity contribution in [1.29, 1.82) is 0 Å². The van der Waals surface area contributed by atoms with Crippen molar-refractivity contribution >= 4 is 17.3 Å². The van der Waals surface area contributed by atoms with Crippen LogP contribution in [0.4, 0.5) is 0 Å². The zero-order valence-electron chi connectivity index (χ0n) is 12.3. The van der Waals surface area contributed by atoms with Crippen LogP contribution in [0.5, 0.6) is 5.75 Å². The highest BCUT2D eigenvalue weighted by molar-refractivity contribution is 7.80. The summed E-state index contributed by atoms with van der Waals surface area (Å²) in [5.74, 6) is 0.881. The summed E-state index contributed by atoms with van der Waals surface area (Å²) in [6.45, 7) is 5.03. The topological polar surface area (TPSA) is 27.7 Å². The standard InChI is InChI=1S/C15H23N3OS/c1-17-8-3-9-18(11-10-17)15(20)16-12-13-4-6-14(19-2)7-5-13/h4-7H,3,8-12H2,1-2H3,(H,16,20). The average molecular weight is 293 g/mol. The van der Waals surface area contributed by atoms with Gasteiger partial charge >= 0.3 is 0 Å². The summed E-state index contributed by atoms with van der Waals surface area (Å²) in [5, 5.41) is 4.20. The van der Waals surface area contributed by atoms with Crippen LogP contribution in [0.2, 0.25) is 0 Å². The van der Waals surface area contributed by atoms with E-state index >= 15 is 0 Å². The molecule has 0 atom stereocenters. The molecule has 1 fully saturated rings. The largest absolute Gasteiger partial charge is 0.497 e. The Balaban J connectivity index is 1.81. The number of methoxy groups -OCH3 is 1. The maximum absolute atomic E-state index is 5.49. The maximum Gasteiger partial charge on any atom is 0.169 e. The number of rotatable bonds is 3. The zero-order valence-corrected chi connectivity index (χ0v) is 13.1. The normalized spacial score (nSPS) is 16.6. The van der Waals surface area contributed by atoms with Crippen LogP contribution in [-0.4, -0.2) is 55.2 Å². The van der Waals surface area contributed by atoms with Crippen LogP contribution in [0.25, 0.3) is 0 Å². The summed E-state index contributed by atoms with van der Waals surface area (Å²) < 4.78 is 5.15. The lowest BCUT2D eigenvalue weighted by Gasteiger charge is -2.24. The van der Waals surface area contributed by atoms with Gasteiger partial charge in [0.2, 0.25) is 0 Å². The molecule has 20 heavy (non-hydrogen) atoms. The molecule has 0 unspecified atom stereocenters. The second-order valence-corrected chi connectivity index (χ2v) is 5.54. The van der Waals surface area contributed by atoms with Gasteiger partial charge in [-0.1, -0.05) is 12.1 Å². The molecule has 0 bridgehead atoms. The third kappa shape index (κ3) is 4.35. The van der Waals surface area contributed by atoms with E-state index < -0.39 is 0 Å². The van der Waals surface area contributed by atoms with Gasteiger partial charge in [-0.15, -0.1) is 0 Å². The molecule has 1 aliphatic heterocycles. The van der Waals surface area contributed by atoms with Crippen molar-refractivity contribution in [1.82, 2.24) is 15.1 Å². The van der Waals surface area contributed by atoms with Crippen molar-refractivity contribution in [3.05, 3.63) is 29.8 Å². The molecule has 0 radical (unpaired) electrons. The van der Waals surface area contributed by atoms with Gasteiger partial charge in [0.05, 0.1) is 7.11 Å². The summed E-state index contributed by atoms with van der Waals surface area (Å²) in [6.07, 6.45) is 1.17. The molecule has 2 rings (SSSR count). The van der Waals surface area contributed by atoms with Gasteiger partial charge in [0.15, 0.2) is 5.11 Å². The molecule has 4 nitrogen and oxygen atoms in total. The Bertz CT molecular complexity index is 435. The first-order valence-electron chi connectivity index (χ1n) is 7.03. The average Bonchev–Trinajstić information content (AvgIpc) is 2.70. The Morgan fingerprint density at radius 2 is 1.95 bits per heavy atom. The fraction of sp³-hybridized carbons (Fsp3) is 0.533. The fourth-order valence-corrected chi connectivity index (χ4v) is 2.54. The molecule has 0 aromatic heterocycles. The minimum atomic E-state index is 0.759. The fourth-order valence-electron chi connectivity index (χ4n) is 2.28. The van der Waals surface area contributed by atoms with Crippen molar-refractivity contribution in [2.24, 2.45) is 0 Å². The molecule has 1 aromatic rings. The van der Waals surface area contributed by atoms with Crippen LogP contribution >= 0.6 is 12.2 Å². The van der Waals surface area contributed by atoms with Crippen LogP contribution in [0, 0.1) is 0 Å². The summed E-state index contributed by atoms with van der Waals surface area (Å²) in [6, 6.07) is 8.07. The van der Waals surface area contributed by atoms with Gasteiger partial charge in [-0.2, -0.15) is 0 Å². The predicted molar refractivity (Wildman–Crippen MR) is 86.1 cm³/mol. The summed E-state index contributed by atoms with van der Waals surface area (Å²) in [7, 11) is 3.84. The molecule has 1 heterocycles. The number of ether oxygens (including phenoxy) is 1. The first kappa shape index (κ1) is 15.1. The molecular formula is C15H23N3OS. The molecule has 5 heteroatoms. The van der Waals surface area contributed by atoms with E-state index in [0.717, 1.165) is 43.6 Å². The van der Waals surface area contributed by atoms with Gasteiger partial charge in [-0.3, -0.25) is 0 Å². The summed E-state index contributed by atoms with van der Waals surface area (Å²) in [5.41, 5.74) is 1.21. The highest BCUT2D eigenvalue weighted by Crippen LogP contribution is 2.11. The number of hydrogen-bond donors (Lipinski definition) is 1. The van der Waals surface area contributed by atoms with Crippen molar-refractivity contribution < 1.29 is 4.74 Å². The lowest BCUT2D eigenvalue weighted by atomic mass is 10.2. The maximum atomic E-state index is 5.49. The van der Waals surface area contributed by atoms with Crippen LogP contribution in [0.15, 0.2) is 24.3 Å². The van der Waals surface area contributed by atoms with Crippen molar-refractivity contribution in [2.45, 2.75) is 13.0 Å². The number of likely N-dealkylation sites (N-methyl/N-ethyl adjacent to an activating group) is 1. The number of hydrogen-bond acceptors (Lipinski definition) is 3. The SMILES string of the molecule is COc1ccc(CNC(=S)N2CCCN(C)CC2)cc1. The lowest BCUT2D eigenvalue weighted by molar-refractivity contribution is 0.345. The number of thiocarbonyl (C=S) groups is 1. The monoisotopic (exact) mass is 293 g/mol. The van der Waals surface area contributed by atoms with Gasteiger partial charge in [-0.05, 0) is 49.9 Å². The summed E-state index contributed by atoms with van der Waals surface area (Å²) in [4.78, 5) is 4.62. The molecule has 0 aliphatic carbocycles. The molecule has 1 saturated heterocycles. The molecule has 0 amide bonds. The van der Waals surface area contributed by atoms with Crippen molar-refractivity contribution in [3.8, 4) is 5.75 Å². The highest BCUT2D eigenvalue weighted by atomic mass is 32.1. The quantitative estimate of drug-likeness (QED) is 0.857. The van der Waals surface area contributed by atoms with E-state index in [2.05, 4.69) is 34.3 Å². The second-order valence-electron chi connectivity index (χ2n) is 5.15. The summed E-state index contributed by atoms with van der Waals surface area (Å²) >= 11 is 5.49. The zero-order chi connectivity index (χ0) is 14.4. The molecule has 0 spiro atoms. The molecule has 1 aromatic carbocycles. The second kappa shape index (κ2) is 7.45. The van der Waals surface area contributed by atoms with Crippen LogP contribution < -0.4 is 10.1 Å². The third-order valence-corrected chi connectivity index (χ3v) is 4.01. The molecule has 110 valence electrons. The van der Waals surface area contributed by atoms with E-state index in [-0.39, 0.29) is 0 Å². The van der Waals surface area contributed by atoms with Crippen molar-refractivity contribution in [2.75, 3.05) is 40.3 Å². The Morgan fingerprint density at radius 3 is 2.65 bits per heavy atom. The Kier molecular flexibility index (Phi) is 5.61. The highest BCUT2D eigenvalue weighted by Gasteiger charge is 2.14. The van der Waals surface area contributed by atoms with Crippen LogP contribution in [0.3, 0.4) is 0 Å². The Labute approximate surface area is 126 Å². The van der Waals surface area contributed by atoms with E-state index in [4.69, 9.17) is 17.0 Å². The third-order valence-electron chi connectivity index (χ3n) is 3.61. The molecule has 1 N–H and O–H groups in total. The molecule has 0 saturated carbocycles. The van der Waals surface area contributed by atoms with E-state index in [1.54, 1.807) is 7.11 Å². The molecule has 1 aliphatic rings. The lowest BCUT2D eigenvalue weighted by Crippen LogP contribution is -2.41. The van der Waals surface area contributed by atoms with Crippen LogP contribution in [0.1, 0.15) is 12.0 Å². The minimum Gasteiger partial charge on any atom is -0.497 e.